The molecule has 24 heavy (non-hydrogen) atoms. The molecule has 1 fully saturated rings. The topological polar surface area (TPSA) is 93.3 Å². The monoisotopic (exact) mass is 330 g/mol. The summed E-state index contributed by atoms with van der Waals surface area (Å²) in [4.78, 5) is 47.8. The maximum absolute atomic E-state index is 12.4. The molecule has 2 aromatic heterocycles. The number of carbonyl (C=O) groups excluding carboxylic acids is 1. The third kappa shape index (κ3) is 2.80. The van der Waals surface area contributed by atoms with Crippen molar-refractivity contribution in [2.24, 2.45) is 14.1 Å². The molecule has 0 saturated carbocycles. The van der Waals surface area contributed by atoms with Crippen molar-refractivity contribution in [1.82, 2.24) is 24.0 Å². The van der Waals surface area contributed by atoms with Crippen molar-refractivity contribution in [3.8, 4) is 0 Å². The normalized spacial score (nSPS) is 14.8. The van der Waals surface area contributed by atoms with Gasteiger partial charge in [0.15, 0.2) is 0 Å². The van der Waals surface area contributed by atoms with Crippen LogP contribution in [0.2, 0.25) is 0 Å². The molecule has 0 radical (unpaired) electrons. The fourth-order valence-corrected chi connectivity index (χ4v) is 2.73. The lowest BCUT2D eigenvalue weighted by Gasteiger charge is -2.36. The van der Waals surface area contributed by atoms with E-state index >= 15 is 0 Å². The molecule has 1 amide bonds. The van der Waals surface area contributed by atoms with Gasteiger partial charge in [0.05, 0.1) is 6.20 Å². The summed E-state index contributed by atoms with van der Waals surface area (Å²) in [5.41, 5.74) is -0.395. The first kappa shape index (κ1) is 15.9. The smallest absolute Gasteiger partial charge is 0.332 e. The molecule has 3 rings (SSSR count). The number of rotatable bonds is 2. The molecule has 0 atom stereocenters. The van der Waals surface area contributed by atoms with Gasteiger partial charge in [0.1, 0.15) is 11.5 Å². The zero-order valence-corrected chi connectivity index (χ0v) is 13.5. The molecule has 0 bridgehead atoms. The number of nitrogens with zero attached hydrogens (tertiary/aromatic N) is 6. The Morgan fingerprint density at radius 2 is 1.75 bits per heavy atom. The highest BCUT2D eigenvalue weighted by Gasteiger charge is 2.24. The van der Waals surface area contributed by atoms with Crippen LogP contribution in [0, 0.1) is 0 Å². The molecule has 9 nitrogen and oxygen atoms in total. The molecular weight excluding hydrogens is 312 g/mol. The number of hydrogen-bond acceptors (Lipinski definition) is 6. The number of carbonyl (C=O) groups is 1. The molecule has 1 saturated heterocycles. The maximum Gasteiger partial charge on any atom is 0.332 e. The summed E-state index contributed by atoms with van der Waals surface area (Å²) < 4.78 is 2.51. The lowest BCUT2D eigenvalue weighted by atomic mass is 10.2. The van der Waals surface area contributed by atoms with E-state index in [1.54, 1.807) is 11.9 Å². The van der Waals surface area contributed by atoms with E-state index in [4.69, 9.17) is 0 Å². The van der Waals surface area contributed by atoms with Crippen LogP contribution in [0.25, 0.3) is 0 Å². The van der Waals surface area contributed by atoms with Gasteiger partial charge in [0.25, 0.3) is 11.5 Å². The van der Waals surface area contributed by atoms with Crippen LogP contribution in [0.3, 0.4) is 0 Å². The van der Waals surface area contributed by atoms with E-state index in [1.165, 1.54) is 36.3 Å². The first-order valence-corrected chi connectivity index (χ1v) is 7.56. The van der Waals surface area contributed by atoms with Crippen molar-refractivity contribution in [3.63, 3.8) is 0 Å². The van der Waals surface area contributed by atoms with E-state index in [2.05, 4.69) is 9.97 Å². The largest absolute Gasteiger partial charge is 0.354 e. The third-order valence-corrected chi connectivity index (χ3v) is 4.17. The lowest BCUT2D eigenvalue weighted by molar-refractivity contribution is 0.0740. The van der Waals surface area contributed by atoms with E-state index in [9.17, 15) is 14.4 Å². The number of aromatic nitrogens is 4. The Morgan fingerprint density at radius 3 is 2.38 bits per heavy atom. The van der Waals surface area contributed by atoms with E-state index in [-0.39, 0.29) is 17.2 Å². The standard InChI is InChI=1S/C15H18N6O3/c1-18-12(9-13(22)19(2)15(18)24)20-5-7-21(8-6-20)14(23)11-10-16-3-4-17-11/h3-4,9-10H,5-8H2,1-2H3. The predicted octanol–water partition coefficient (Wildman–Crippen LogP) is -1.16. The summed E-state index contributed by atoms with van der Waals surface area (Å²) in [7, 11) is 3.08. The van der Waals surface area contributed by atoms with Crippen LogP contribution in [-0.4, -0.2) is 56.1 Å². The van der Waals surface area contributed by atoms with Crippen molar-refractivity contribution < 1.29 is 4.79 Å². The molecule has 3 heterocycles. The Balaban J connectivity index is 1.75. The zero-order valence-electron chi connectivity index (χ0n) is 13.5. The van der Waals surface area contributed by atoms with Gasteiger partial charge in [-0.15, -0.1) is 0 Å². The third-order valence-electron chi connectivity index (χ3n) is 4.17. The molecule has 0 N–H and O–H groups in total. The minimum Gasteiger partial charge on any atom is -0.354 e. The van der Waals surface area contributed by atoms with Crippen molar-refractivity contribution in [2.45, 2.75) is 0 Å². The summed E-state index contributed by atoms with van der Waals surface area (Å²) >= 11 is 0. The minimum absolute atomic E-state index is 0.166. The molecule has 1 aliphatic heterocycles. The predicted molar refractivity (Wildman–Crippen MR) is 87.1 cm³/mol. The SMILES string of the molecule is Cn1c(N2CCN(C(=O)c3cnccn3)CC2)cc(=O)n(C)c1=O. The van der Waals surface area contributed by atoms with Crippen LogP contribution in [0.15, 0.2) is 34.2 Å². The Kier molecular flexibility index (Phi) is 4.15. The van der Waals surface area contributed by atoms with E-state index in [0.29, 0.717) is 37.7 Å². The Hall–Kier alpha value is -2.97. The molecule has 2 aromatic rings. The molecule has 1 aliphatic rings. The van der Waals surface area contributed by atoms with Crippen LogP contribution >= 0.6 is 0 Å². The first-order valence-electron chi connectivity index (χ1n) is 7.56. The summed E-state index contributed by atoms with van der Waals surface area (Å²) in [6, 6.07) is 1.45. The summed E-state index contributed by atoms with van der Waals surface area (Å²) in [5, 5.41) is 0. The van der Waals surface area contributed by atoms with Gasteiger partial charge in [-0.25, -0.2) is 9.78 Å². The highest BCUT2D eigenvalue weighted by atomic mass is 16.2. The van der Waals surface area contributed by atoms with Crippen LogP contribution in [-0.2, 0) is 14.1 Å². The number of anilines is 1. The van der Waals surface area contributed by atoms with Crippen LogP contribution in [0.4, 0.5) is 5.82 Å². The van der Waals surface area contributed by atoms with Crippen LogP contribution < -0.4 is 16.1 Å². The average Bonchev–Trinajstić information content (AvgIpc) is 2.63. The van der Waals surface area contributed by atoms with Gasteiger partial charge >= 0.3 is 5.69 Å². The molecule has 0 aliphatic carbocycles. The molecule has 0 spiro atoms. The Morgan fingerprint density at radius 1 is 1.04 bits per heavy atom. The fraction of sp³-hybridized carbons (Fsp3) is 0.400. The Labute approximate surface area is 137 Å². The second kappa shape index (κ2) is 6.26. The van der Waals surface area contributed by atoms with Gasteiger partial charge in [-0.2, -0.15) is 0 Å². The van der Waals surface area contributed by atoms with Crippen molar-refractivity contribution in [3.05, 3.63) is 51.2 Å². The maximum atomic E-state index is 12.4. The highest BCUT2D eigenvalue weighted by molar-refractivity contribution is 5.92. The molecule has 9 heteroatoms. The number of amides is 1. The van der Waals surface area contributed by atoms with Crippen LogP contribution in [0.1, 0.15) is 10.5 Å². The summed E-state index contributed by atoms with van der Waals surface area (Å²) in [5.74, 6) is 0.398. The second-order valence-corrected chi connectivity index (χ2v) is 5.61. The van der Waals surface area contributed by atoms with Gasteiger partial charge < -0.3 is 9.80 Å². The van der Waals surface area contributed by atoms with E-state index in [0.717, 1.165) is 4.57 Å². The minimum atomic E-state index is -0.365. The first-order chi connectivity index (χ1) is 11.5. The second-order valence-electron chi connectivity index (χ2n) is 5.61. The fourth-order valence-electron chi connectivity index (χ4n) is 2.73. The zero-order chi connectivity index (χ0) is 17.3. The van der Waals surface area contributed by atoms with E-state index < -0.39 is 0 Å². The van der Waals surface area contributed by atoms with Gasteiger partial charge in [-0.1, -0.05) is 0 Å². The number of piperazine rings is 1. The quantitative estimate of drug-likeness (QED) is 0.689. The molecule has 0 aromatic carbocycles. The molecular formula is C15H18N6O3. The van der Waals surface area contributed by atoms with Gasteiger partial charge in [0.2, 0.25) is 0 Å². The van der Waals surface area contributed by atoms with Gasteiger partial charge in [-0.05, 0) is 0 Å². The summed E-state index contributed by atoms with van der Waals surface area (Å²) in [6.45, 7) is 2.04. The van der Waals surface area contributed by atoms with Crippen molar-refractivity contribution in [2.75, 3.05) is 31.1 Å². The van der Waals surface area contributed by atoms with Crippen LogP contribution in [0.5, 0.6) is 0 Å². The average molecular weight is 330 g/mol. The Bertz CT molecular complexity index is 865. The number of hydrogen-bond donors (Lipinski definition) is 0. The lowest BCUT2D eigenvalue weighted by Crippen LogP contribution is -2.51. The van der Waals surface area contributed by atoms with Crippen molar-refractivity contribution in [1.29, 1.82) is 0 Å². The summed E-state index contributed by atoms with van der Waals surface area (Å²) in [6.07, 6.45) is 4.45. The van der Waals surface area contributed by atoms with Gasteiger partial charge in [-0.3, -0.25) is 23.7 Å². The molecule has 0 unspecified atom stereocenters. The van der Waals surface area contributed by atoms with Gasteiger partial charge in [0, 0.05) is 58.7 Å². The molecule has 126 valence electrons. The highest BCUT2D eigenvalue weighted by Crippen LogP contribution is 2.13. The van der Waals surface area contributed by atoms with Crippen molar-refractivity contribution >= 4 is 11.7 Å². The van der Waals surface area contributed by atoms with E-state index in [1.807, 2.05) is 4.90 Å².